The molecule has 0 amide bonds. The summed E-state index contributed by atoms with van der Waals surface area (Å²) in [7, 11) is 0. The van der Waals surface area contributed by atoms with Crippen LogP contribution in [-0.2, 0) is 0 Å². The molecule has 5 rings (SSSR count). The van der Waals surface area contributed by atoms with Gasteiger partial charge in [-0.3, -0.25) is 0 Å². The molecule has 1 N–H and O–H groups in total. The van der Waals surface area contributed by atoms with Gasteiger partial charge in [-0.05, 0) is 30.2 Å². The summed E-state index contributed by atoms with van der Waals surface area (Å²) in [6.45, 7) is 0. The molecule has 3 nitrogen and oxygen atoms in total. The molecule has 20 heavy (non-hydrogen) atoms. The SMILES string of the molecule is O[C@@H]1CC2(CCC2)[C@@H]1C1c2ccccc2-c2cncn21. The van der Waals surface area contributed by atoms with Crippen LogP contribution in [0.1, 0.15) is 37.3 Å². The van der Waals surface area contributed by atoms with Crippen molar-refractivity contribution in [1.82, 2.24) is 9.55 Å². The van der Waals surface area contributed by atoms with E-state index in [-0.39, 0.29) is 12.1 Å². The fraction of sp³-hybridized carbons (Fsp3) is 0.471. The van der Waals surface area contributed by atoms with Gasteiger partial charge in [-0.1, -0.05) is 30.7 Å². The highest BCUT2D eigenvalue weighted by Crippen LogP contribution is 2.65. The van der Waals surface area contributed by atoms with Crippen LogP contribution < -0.4 is 0 Å². The highest BCUT2D eigenvalue weighted by atomic mass is 16.3. The number of hydrogen-bond acceptors (Lipinski definition) is 2. The molecule has 102 valence electrons. The van der Waals surface area contributed by atoms with Crippen molar-refractivity contribution in [1.29, 1.82) is 0 Å². The Morgan fingerprint density at radius 1 is 1.25 bits per heavy atom. The summed E-state index contributed by atoms with van der Waals surface area (Å²) in [4.78, 5) is 4.33. The molecule has 2 heterocycles. The van der Waals surface area contributed by atoms with Crippen molar-refractivity contribution in [2.45, 2.75) is 37.8 Å². The molecule has 0 radical (unpaired) electrons. The Morgan fingerprint density at radius 3 is 2.85 bits per heavy atom. The normalized spacial score (nSPS) is 32.4. The fourth-order valence-corrected chi connectivity index (χ4v) is 4.88. The summed E-state index contributed by atoms with van der Waals surface area (Å²) < 4.78 is 2.29. The maximum Gasteiger partial charge on any atom is 0.0956 e. The van der Waals surface area contributed by atoms with Gasteiger partial charge in [0.15, 0.2) is 0 Å². The van der Waals surface area contributed by atoms with Gasteiger partial charge in [-0.2, -0.15) is 0 Å². The van der Waals surface area contributed by atoms with E-state index in [1.165, 1.54) is 36.1 Å². The lowest BCUT2D eigenvalue weighted by molar-refractivity contribution is -0.165. The Kier molecular flexibility index (Phi) is 1.96. The van der Waals surface area contributed by atoms with E-state index in [1.807, 2.05) is 12.5 Å². The van der Waals surface area contributed by atoms with E-state index < -0.39 is 0 Å². The third kappa shape index (κ3) is 1.14. The van der Waals surface area contributed by atoms with E-state index in [0.717, 1.165) is 6.42 Å². The van der Waals surface area contributed by atoms with Crippen LogP contribution in [0.2, 0.25) is 0 Å². The summed E-state index contributed by atoms with van der Waals surface area (Å²) in [6, 6.07) is 8.90. The molecule has 1 aromatic carbocycles. The molecule has 1 aliphatic heterocycles. The van der Waals surface area contributed by atoms with E-state index >= 15 is 0 Å². The third-order valence-electron chi connectivity index (χ3n) is 5.95. The molecular formula is C17H18N2O. The summed E-state index contributed by atoms with van der Waals surface area (Å²) in [5.74, 6) is 0.368. The molecule has 3 aliphatic rings. The molecule has 2 saturated carbocycles. The Balaban J connectivity index is 1.68. The monoisotopic (exact) mass is 266 g/mol. The van der Waals surface area contributed by atoms with Crippen molar-refractivity contribution >= 4 is 0 Å². The van der Waals surface area contributed by atoms with Crippen LogP contribution in [0.15, 0.2) is 36.8 Å². The van der Waals surface area contributed by atoms with Gasteiger partial charge in [0, 0.05) is 11.5 Å². The highest BCUT2D eigenvalue weighted by molar-refractivity contribution is 5.69. The molecular weight excluding hydrogens is 248 g/mol. The molecule has 3 atom stereocenters. The molecule has 2 aromatic rings. The van der Waals surface area contributed by atoms with Gasteiger partial charge in [-0.25, -0.2) is 4.98 Å². The zero-order chi connectivity index (χ0) is 13.3. The molecule has 2 fully saturated rings. The lowest BCUT2D eigenvalue weighted by Gasteiger charge is -2.61. The lowest BCUT2D eigenvalue weighted by atomic mass is 9.46. The van der Waals surface area contributed by atoms with Crippen molar-refractivity contribution in [3.63, 3.8) is 0 Å². The Morgan fingerprint density at radius 2 is 2.10 bits per heavy atom. The number of hydrogen-bond donors (Lipinski definition) is 1. The largest absolute Gasteiger partial charge is 0.393 e. The Hall–Kier alpha value is -1.61. The van der Waals surface area contributed by atoms with Gasteiger partial charge < -0.3 is 9.67 Å². The van der Waals surface area contributed by atoms with Gasteiger partial charge in [0.05, 0.1) is 30.4 Å². The standard InChI is InChI=1S/C17H18N2O/c20-14-8-17(6-3-7-17)15(14)16-12-5-2-1-4-11(12)13-9-18-10-19(13)16/h1-2,4-5,9-10,14-16,20H,3,6-8H2/t14-,15+,16?/m1/s1. The van der Waals surface area contributed by atoms with Gasteiger partial charge in [-0.15, -0.1) is 0 Å². The summed E-state index contributed by atoms with van der Waals surface area (Å²) in [5, 5.41) is 10.4. The van der Waals surface area contributed by atoms with Crippen molar-refractivity contribution in [3.8, 4) is 11.3 Å². The molecule has 3 heteroatoms. The second-order valence-electron chi connectivity index (χ2n) is 6.73. The predicted molar refractivity (Wildman–Crippen MR) is 76.2 cm³/mol. The topological polar surface area (TPSA) is 38.1 Å². The predicted octanol–water partition coefficient (Wildman–Crippen LogP) is 3.00. The van der Waals surface area contributed by atoms with E-state index in [9.17, 15) is 5.11 Å². The maximum atomic E-state index is 10.4. The van der Waals surface area contributed by atoms with E-state index in [2.05, 4.69) is 33.8 Å². The van der Waals surface area contributed by atoms with Crippen LogP contribution in [0.5, 0.6) is 0 Å². The van der Waals surface area contributed by atoms with Crippen LogP contribution in [-0.4, -0.2) is 20.8 Å². The quantitative estimate of drug-likeness (QED) is 0.861. The molecule has 1 spiro atoms. The first-order valence-corrected chi connectivity index (χ1v) is 7.59. The van der Waals surface area contributed by atoms with E-state index in [4.69, 9.17) is 0 Å². The van der Waals surface area contributed by atoms with Crippen LogP contribution in [0, 0.1) is 11.3 Å². The minimum atomic E-state index is -0.151. The van der Waals surface area contributed by atoms with Crippen LogP contribution in [0.4, 0.5) is 0 Å². The first-order valence-electron chi connectivity index (χ1n) is 7.59. The zero-order valence-electron chi connectivity index (χ0n) is 11.4. The van der Waals surface area contributed by atoms with Crippen molar-refractivity contribution in [3.05, 3.63) is 42.4 Å². The van der Waals surface area contributed by atoms with Crippen molar-refractivity contribution in [2.24, 2.45) is 11.3 Å². The van der Waals surface area contributed by atoms with Crippen LogP contribution in [0.3, 0.4) is 0 Å². The minimum absolute atomic E-state index is 0.151. The van der Waals surface area contributed by atoms with Crippen molar-refractivity contribution < 1.29 is 5.11 Å². The van der Waals surface area contributed by atoms with Gasteiger partial charge in [0.25, 0.3) is 0 Å². The maximum absolute atomic E-state index is 10.4. The van der Waals surface area contributed by atoms with Crippen LogP contribution >= 0.6 is 0 Å². The number of nitrogens with zero attached hydrogens (tertiary/aromatic N) is 2. The average Bonchev–Trinajstić information content (AvgIpc) is 2.97. The Bertz CT molecular complexity index is 686. The molecule has 1 unspecified atom stereocenters. The van der Waals surface area contributed by atoms with Gasteiger partial charge in [0.1, 0.15) is 0 Å². The number of aliphatic hydroxyl groups is 1. The van der Waals surface area contributed by atoms with E-state index in [1.54, 1.807) is 0 Å². The van der Waals surface area contributed by atoms with E-state index in [0.29, 0.717) is 11.3 Å². The number of aromatic nitrogens is 2. The molecule has 0 bridgehead atoms. The average molecular weight is 266 g/mol. The number of fused-ring (bicyclic) bond motifs is 3. The first kappa shape index (κ1) is 11.1. The van der Waals surface area contributed by atoms with Crippen molar-refractivity contribution in [2.75, 3.05) is 0 Å². The molecule has 0 saturated heterocycles. The van der Waals surface area contributed by atoms with Gasteiger partial charge >= 0.3 is 0 Å². The summed E-state index contributed by atoms with van der Waals surface area (Å²) >= 11 is 0. The number of rotatable bonds is 1. The summed E-state index contributed by atoms with van der Waals surface area (Å²) in [6.07, 6.45) is 8.65. The Labute approximate surface area is 118 Å². The fourth-order valence-electron chi connectivity index (χ4n) is 4.88. The third-order valence-corrected chi connectivity index (χ3v) is 5.95. The molecule has 2 aliphatic carbocycles. The second-order valence-corrected chi connectivity index (χ2v) is 6.73. The van der Waals surface area contributed by atoms with Gasteiger partial charge in [0.2, 0.25) is 0 Å². The van der Waals surface area contributed by atoms with Crippen LogP contribution in [0.25, 0.3) is 11.3 Å². The first-order chi connectivity index (χ1) is 9.80. The lowest BCUT2D eigenvalue weighted by Crippen LogP contribution is -2.58. The molecule has 1 aromatic heterocycles. The second kappa shape index (κ2) is 3.53. The smallest absolute Gasteiger partial charge is 0.0956 e. The summed E-state index contributed by atoms with van der Waals surface area (Å²) in [5.41, 5.74) is 4.28. The number of imidazole rings is 1. The minimum Gasteiger partial charge on any atom is -0.393 e. The zero-order valence-corrected chi connectivity index (χ0v) is 11.4. The highest BCUT2D eigenvalue weighted by Gasteiger charge is 2.60. The number of benzene rings is 1. The number of aliphatic hydroxyl groups excluding tert-OH is 1.